The molecular formula is C16H25NO. The van der Waals surface area contributed by atoms with E-state index in [0.29, 0.717) is 12.1 Å². The summed E-state index contributed by atoms with van der Waals surface area (Å²) in [5, 5.41) is 3.77. The zero-order chi connectivity index (χ0) is 12.8. The molecule has 2 heteroatoms. The van der Waals surface area contributed by atoms with Crippen molar-refractivity contribution in [3.63, 3.8) is 0 Å². The Labute approximate surface area is 111 Å². The Balaban J connectivity index is 1.90. The molecule has 0 spiro atoms. The van der Waals surface area contributed by atoms with Crippen molar-refractivity contribution in [2.24, 2.45) is 0 Å². The van der Waals surface area contributed by atoms with Crippen molar-refractivity contribution < 1.29 is 4.74 Å². The van der Waals surface area contributed by atoms with Gasteiger partial charge in [-0.2, -0.15) is 0 Å². The lowest BCUT2D eigenvalue weighted by molar-refractivity contribution is 0.408. The van der Waals surface area contributed by atoms with Crippen LogP contribution in [0.4, 0.5) is 0 Å². The monoisotopic (exact) mass is 247 g/mol. The van der Waals surface area contributed by atoms with Gasteiger partial charge in [-0.25, -0.2) is 0 Å². The van der Waals surface area contributed by atoms with E-state index in [1.807, 2.05) is 12.1 Å². The lowest BCUT2D eigenvalue weighted by Gasteiger charge is -2.22. The summed E-state index contributed by atoms with van der Waals surface area (Å²) in [6.45, 7) is 2.26. The molecule has 2 rings (SSSR count). The molecule has 1 aliphatic rings. The lowest BCUT2D eigenvalue weighted by Crippen LogP contribution is -2.30. The van der Waals surface area contributed by atoms with Crippen molar-refractivity contribution in [2.75, 3.05) is 7.11 Å². The van der Waals surface area contributed by atoms with Crippen LogP contribution in [0.5, 0.6) is 5.75 Å². The number of methoxy groups -OCH3 is 1. The third-order valence-corrected chi connectivity index (χ3v) is 3.96. The molecule has 0 amide bonds. The van der Waals surface area contributed by atoms with Crippen LogP contribution in [0.3, 0.4) is 0 Å². The molecule has 1 fully saturated rings. The van der Waals surface area contributed by atoms with Crippen LogP contribution in [0, 0.1) is 0 Å². The minimum Gasteiger partial charge on any atom is -0.497 e. The molecule has 18 heavy (non-hydrogen) atoms. The van der Waals surface area contributed by atoms with Crippen LogP contribution in [-0.2, 0) is 0 Å². The van der Waals surface area contributed by atoms with Crippen molar-refractivity contribution in [1.29, 1.82) is 0 Å². The fourth-order valence-electron chi connectivity index (χ4n) is 2.79. The number of ether oxygens (including phenoxy) is 1. The van der Waals surface area contributed by atoms with Crippen molar-refractivity contribution >= 4 is 0 Å². The lowest BCUT2D eigenvalue weighted by atomic mass is 10.0. The zero-order valence-electron chi connectivity index (χ0n) is 11.6. The summed E-state index contributed by atoms with van der Waals surface area (Å²) in [5.41, 5.74) is 1.35. The van der Waals surface area contributed by atoms with Gasteiger partial charge in [0.25, 0.3) is 0 Å². The van der Waals surface area contributed by atoms with E-state index >= 15 is 0 Å². The van der Waals surface area contributed by atoms with E-state index in [9.17, 15) is 0 Å². The summed E-state index contributed by atoms with van der Waals surface area (Å²) in [7, 11) is 1.71. The summed E-state index contributed by atoms with van der Waals surface area (Å²) < 4.78 is 5.20. The molecule has 1 aromatic rings. The van der Waals surface area contributed by atoms with Gasteiger partial charge in [0.05, 0.1) is 7.11 Å². The van der Waals surface area contributed by atoms with Gasteiger partial charge < -0.3 is 10.1 Å². The average molecular weight is 247 g/mol. The van der Waals surface area contributed by atoms with Crippen molar-refractivity contribution in [3.05, 3.63) is 29.8 Å². The molecule has 0 bridgehead atoms. The minimum absolute atomic E-state index is 0.430. The highest BCUT2D eigenvalue weighted by Gasteiger charge is 2.15. The molecular weight excluding hydrogens is 222 g/mol. The molecule has 0 aliphatic heterocycles. The molecule has 1 aliphatic carbocycles. The topological polar surface area (TPSA) is 21.3 Å². The molecule has 0 aromatic heterocycles. The van der Waals surface area contributed by atoms with E-state index in [4.69, 9.17) is 4.74 Å². The average Bonchev–Trinajstić information content (AvgIpc) is 2.67. The van der Waals surface area contributed by atoms with Crippen LogP contribution in [0.1, 0.15) is 57.1 Å². The van der Waals surface area contributed by atoms with Gasteiger partial charge in [-0.1, -0.05) is 37.8 Å². The van der Waals surface area contributed by atoms with Crippen molar-refractivity contribution in [3.8, 4) is 5.75 Å². The summed E-state index contributed by atoms with van der Waals surface area (Å²) in [4.78, 5) is 0. The Morgan fingerprint density at radius 1 is 1.06 bits per heavy atom. The van der Waals surface area contributed by atoms with E-state index in [1.54, 1.807) is 7.11 Å². The summed E-state index contributed by atoms with van der Waals surface area (Å²) in [5.74, 6) is 0.931. The van der Waals surface area contributed by atoms with Crippen molar-refractivity contribution in [2.45, 2.75) is 57.5 Å². The highest BCUT2D eigenvalue weighted by atomic mass is 16.5. The van der Waals surface area contributed by atoms with Crippen LogP contribution in [0.2, 0.25) is 0 Å². The van der Waals surface area contributed by atoms with Crippen LogP contribution in [0.15, 0.2) is 24.3 Å². The van der Waals surface area contributed by atoms with Gasteiger partial charge >= 0.3 is 0 Å². The van der Waals surface area contributed by atoms with Crippen LogP contribution < -0.4 is 10.1 Å². The van der Waals surface area contributed by atoms with Gasteiger partial charge in [0.2, 0.25) is 0 Å². The Bertz CT molecular complexity index is 339. The second kappa shape index (κ2) is 6.79. The maximum atomic E-state index is 5.20. The fourth-order valence-corrected chi connectivity index (χ4v) is 2.79. The molecule has 1 aromatic carbocycles. The SMILES string of the molecule is COc1ccc([C@@H](C)NC2CCCCCC2)cc1. The molecule has 1 atom stereocenters. The van der Waals surface area contributed by atoms with Crippen molar-refractivity contribution in [1.82, 2.24) is 5.32 Å². The third-order valence-electron chi connectivity index (χ3n) is 3.96. The summed E-state index contributed by atoms with van der Waals surface area (Å²) >= 11 is 0. The highest BCUT2D eigenvalue weighted by molar-refractivity contribution is 5.28. The molecule has 100 valence electrons. The number of rotatable bonds is 4. The quantitative estimate of drug-likeness (QED) is 0.810. The summed E-state index contributed by atoms with van der Waals surface area (Å²) in [6.07, 6.45) is 8.26. The van der Waals surface area contributed by atoms with E-state index in [-0.39, 0.29) is 0 Å². The predicted octanol–water partition coefficient (Wildman–Crippen LogP) is 4.07. The van der Waals surface area contributed by atoms with Gasteiger partial charge in [-0.3, -0.25) is 0 Å². The van der Waals surface area contributed by atoms with E-state index in [1.165, 1.54) is 44.1 Å². The van der Waals surface area contributed by atoms with Gasteiger partial charge in [0.15, 0.2) is 0 Å². The predicted molar refractivity (Wildman–Crippen MR) is 76.0 cm³/mol. The molecule has 1 N–H and O–H groups in total. The maximum Gasteiger partial charge on any atom is 0.118 e. The van der Waals surface area contributed by atoms with E-state index in [2.05, 4.69) is 24.4 Å². The largest absolute Gasteiger partial charge is 0.497 e. The molecule has 0 heterocycles. The molecule has 0 saturated heterocycles. The molecule has 0 radical (unpaired) electrons. The summed E-state index contributed by atoms with van der Waals surface area (Å²) in [6, 6.07) is 9.53. The van der Waals surface area contributed by atoms with Gasteiger partial charge in [-0.05, 0) is 37.5 Å². The normalized spacial score (nSPS) is 19.2. The first kappa shape index (κ1) is 13.4. The second-order valence-corrected chi connectivity index (χ2v) is 5.35. The smallest absolute Gasteiger partial charge is 0.118 e. The van der Waals surface area contributed by atoms with Gasteiger partial charge in [-0.15, -0.1) is 0 Å². The zero-order valence-corrected chi connectivity index (χ0v) is 11.6. The molecule has 2 nitrogen and oxygen atoms in total. The fraction of sp³-hybridized carbons (Fsp3) is 0.625. The number of benzene rings is 1. The van der Waals surface area contributed by atoms with E-state index in [0.717, 1.165) is 5.75 Å². The Kier molecular flexibility index (Phi) is 5.06. The van der Waals surface area contributed by atoms with Crippen LogP contribution >= 0.6 is 0 Å². The first-order valence-corrected chi connectivity index (χ1v) is 7.19. The molecule has 0 unspecified atom stereocenters. The number of hydrogen-bond acceptors (Lipinski definition) is 2. The standard InChI is InChI=1S/C16H25NO/c1-13(14-9-11-16(18-2)12-10-14)17-15-7-5-3-4-6-8-15/h9-13,15,17H,3-8H2,1-2H3/t13-/m1/s1. The van der Waals surface area contributed by atoms with Gasteiger partial charge in [0.1, 0.15) is 5.75 Å². The third kappa shape index (κ3) is 3.74. The number of hydrogen-bond donors (Lipinski definition) is 1. The number of nitrogens with one attached hydrogen (secondary N) is 1. The molecule has 1 saturated carbocycles. The van der Waals surface area contributed by atoms with Crippen LogP contribution in [-0.4, -0.2) is 13.2 Å². The van der Waals surface area contributed by atoms with Gasteiger partial charge in [0, 0.05) is 12.1 Å². The first-order valence-electron chi connectivity index (χ1n) is 7.19. The Morgan fingerprint density at radius 2 is 1.67 bits per heavy atom. The minimum atomic E-state index is 0.430. The van der Waals surface area contributed by atoms with Crippen LogP contribution in [0.25, 0.3) is 0 Å². The highest BCUT2D eigenvalue weighted by Crippen LogP contribution is 2.22. The van der Waals surface area contributed by atoms with E-state index < -0.39 is 0 Å². The maximum absolute atomic E-state index is 5.20. The first-order chi connectivity index (χ1) is 8.79. The Morgan fingerprint density at radius 3 is 2.22 bits per heavy atom. The Hall–Kier alpha value is -1.02. The second-order valence-electron chi connectivity index (χ2n) is 5.35.